The first-order valence-electron chi connectivity index (χ1n) is 6.09. The van der Waals surface area contributed by atoms with Gasteiger partial charge in [0.15, 0.2) is 0 Å². The first-order valence-corrected chi connectivity index (χ1v) is 6.47. The molecule has 0 spiro atoms. The molecule has 0 atom stereocenters. The van der Waals surface area contributed by atoms with Crippen LogP contribution in [0, 0.1) is 21.4 Å². The van der Waals surface area contributed by atoms with Gasteiger partial charge in [0.2, 0.25) is 5.70 Å². The molecule has 6 nitrogen and oxygen atoms in total. The van der Waals surface area contributed by atoms with Crippen LogP contribution in [0.15, 0.2) is 23.9 Å². The molecule has 1 aliphatic rings. The third-order valence-electron chi connectivity index (χ3n) is 3.50. The number of nitrogens with zero attached hydrogens (tertiary/aromatic N) is 3. The van der Waals surface area contributed by atoms with Gasteiger partial charge in [-0.15, -0.1) is 0 Å². The van der Waals surface area contributed by atoms with Gasteiger partial charge < -0.3 is 5.11 Å². The first kappa shape index (κ1) is 13.3. The summed E-state index contributed by atoms with van der Waals surface area (Å²) in [6.45, 7) is 0. The monoisotopic (exact) mass is 301 g/mol. The number of phenols is 1. The van der Waals surface area contributed by atoms with Crippen molar-refractivity contribution in [2.75, 3.05) is 0 Å². The van der Waals surface area contributed by atoms with Gasteiger partial charge in [-0.3, -0.25) is 15.1 Å². The van der Waals surface area contributed by atoms with Gasteiger partial charge in [-0.1, -0.05) is 11.6 Å². The molecule has 1 heterocycles. The maximum Gasteiger partial charge on any atom is 0.247 e. The van der Waals surface area contributed by atoms with Gasteiger partial charge in [0.25, 0.3) is 0 Å². The predicted octanol–water partition coefficient (Wildman–Crippen LogP) is 2.72. The van der Waals surface area contributed by atoms with Crippen LogP contribution in [0.3, 0.4) is 0 Å². The van der Waals surface area contributed by atoms with Gasteiger partial charge in [0, 0.05) is 17.4 Å². The summed E-state index contributed by atoms with van der Waals surface area (Å²) < 4.78 is 0. The van der Waals surface area contributed by atoms with E-state index in [2.05, 4.69) is 11.1 Å². The number of hydrogen-bond donors (Lipinski definition) is 1. The fourth-order valence-corrected chi connectivity index (χ4v) is 2.68. The molecule has 0 radical (unpaired) electrons. The minimum atomic E-state index is -0.446. The van der Waals surface area contributed by atoms with Crippen LogP contribution in [0.5, 0.6) is 5.75 Å². The summed E-state index contributed by atoms with van der Waals surface area (Å²) in [5.74, 6) is -0.113. The van der Waals surface area contributed by atoms with E-state index in [4.69, 9.17) is 11.6 Å². The SMILES string of the molecule is N#Cc1c2c(nc3c(Cl)c(O)ccc13)CC=C([N+](=O)[O-])C2. The van der Waals surface area contributed by atoms with Gasteiger partial charge in [-0.05, 0) is 18.2 Å². The van der Waals surface area contributed by atoms with E-state index in [9.17, 15) is 20.5 Å². The topological polar surface area (TPSA) is 100 Å². The van der Waals surface area contributed by atoms with E-state index in [1.54, 1.807) is 6.07 Å². The Bertz CT molecular complexity index is 868. The van der Waals surface area contributed by atoms with E-state index in [1.807, 2.05) is 0 Å². The van der Waals surface area contributed by atoms with Gasteiger partial charge in [0.05, 0.1) is 28.1 Å². The summed E-state index contributed by atoms with van der Waals surface area (Å²) in [5.41, 5.74) is 1.86. The van der Waals surface area contributed by atoms with Crippen molar-refractivity contribution in [1.29, 1.82) is 5.26 Å². The number of phenolic OH excluding ortho intramolecular Hbond substituents is 1. The average Bonchev–Trinajstić information content (AvgIpc) is 2.48. The molecule has 0 bridgehead atoms. The Hall–Kier alpha value is -2.65. The van der Waals surface area contributed by atoms with Crippen LogP contribution < -0.4 is 0 Å². The Labute approximate surface area is 124 Å². The molecule has 0 fully saturated rings. The van der Waals surface area contributed by atoms with Gasteiger partial charge in [-0.2, -0.15) is 5.26 Å². The maximum absolute atomic E-state index is 10.9. The minimum absolute atomic E-state index is 0.0602. The maximum atomic E-state index is 10.9. The zero-order valence-corrected chi connectivity index (χ0v) is 11.4. The minimum Gasteiger partial charge on any atom is -0.506 e. The fraction of sp³-hybridized carbons (Fsp3) is 0.143. The normalized spacial score (nSPS) is 13.4. The fourth-order valence-electron chi connectivity index (χ4n) is 2.47. The van der Waals surface area contributed by atoms with Crippen LogP contribution in [0.4, 0.5) is 0 Å². The van der Waals surface area contributed by atoms with E-state index in [0.717, 1.165) is 0 Å². The van der Waals surface area contributed by atoms with Gasteiger partial charge in [0.1, 0.15) is 16.8 Å². The van der Waals surface area contributed by atoms with Crippen molar-refractivity contribution in [2.45, 2.75) is 12.8 Å². The van der Waals surface area contributed by atoms with Crippen molar-refractivity contribution in [3.8, 4) is 11.8 Å². The summed E-state index contributed by atoms with van der Waals surface area (Å²) >= 11 is 6.03. The van der Waals surface area contributed by atoms with E-state index < -0.39 is 4.92 Å². The Morgan fingerprint density at radius 2 is 2.24 bits per heavy atom. The van der Waals surface area contributed by atoms with E-state index in [1.165, 1.54) is 12.1 Å². The molecule has 1 aromatic carbocycles. The molecular formula is C14H8ClN3O3. The lowest BCUT2D eigenvalue weighted by Crippen LogP contribution is -2.13. The molecule has 104 valence electrons. The van der Waals surface area contributed by atoms with Crippen LogP contribution in [0.1, 0.15) is 16.8 Å². The summed E-state index contributed by atoms with van der Waals surface area (Å²) in [4.78, 5) is 14.8. The van der Waals surface area contributed by atoms with Crippen molar-refractivity contribution in [2.24, 2.45) is 0 Å². The molecule has 3 rings (SSSR count). The number of allylic oxidation sites excluding steroid dienone is 2. The molecule has 0 amide bonds. The Kier molecular flexibility index (Phi) is 3.00. The summed E-state index contributed by atoms with van der Waals surface area (Å²) in [6, 6.07) is 5.00. The van der Waals surface area contributed by atoms with E-state index >= 15 is 0 Å². The van der Waals surface area contributed by atoms with Gasteiger partial charge >= 0.3 is 0 Å². The molecule has 1 aromatic heterocycles. The van der Waals surface area contributed by atoms with Crippen LogP contribution in [0.25, 0.3) is 10.9 Å². The lowest BCUT2D eigenvalue weighted by molar-refractivity contribution is -0.427. The molecule has 2 aromatic rings. The lowest BCUT2D eigenvalue weighted by Gasteiger charge is -2.15. The molecule has 21 heavy (non-hydrogen) atoms. The highest BCUT2D eigenvalue weighted by atomic mass is 35.5. The second-order valence-electron chi connectivity index (χ2n) is 4.65. The van der Waals surface area contributed by atoms with Crippen LogP contribution in [-0.4, -0.2) is 15.0 Å². The number of pyridine rings is 1. The van der Waals surface area contributed by atoms with E-state index in [0.29, 0.717) is 27.7 Å². The largest absolute Gasteiger partial charge is 0.506 e. The Morgan fingerprint density at radius 3 is 2.90 bits per heavy atom. The number of fused-ring (bicyclic) bond motifs is 2. The van der Waals surface area contributed by atoms with Gasteiger partial charge in [-0.25, -0.2) is 0 Å². The Balaban J connectivity index is 2.32. The number of benzene rings is 1. The summed E-state index contributed by atoms with van der Waals surface area (Å²) in [7, 11) is 0. The summed E-state index contributed by atoms with van der Waals surface area (Å²) in [6.07, 6.45) is 1.81. The number of nitro groups is 1. The molecule has 7 heteroatoms. The van der Waals surface area contributed by atoms with Crippen molar-refractivity contribution < 1.29 is 10.0 Å². The highest BCUT2D eigenvalue weighted by Crippen LogP contribution is 2.35. The number of aromatic nitrogens is 1. The lowest BCUT2D eigenvalue weighted by atomic mass is 9.92. The third-order valence-corrected chi connectivity index (χ3v) is 3.87. The Morgan fingerprint density at radius 1 is 1.48 bits per heavy atom. The highest BCUT2D eigenvalue weighted by Gasteiger charge is 2.25. The van der Waals surface area contributed by atoms with Crippen LogP contribution in [0.2, 0.25) is 5.02 Å². The number of aromatic hydroxyl groups is 1. The number of nitriles is 1. The molecule has 0 unspecified atom stereocenters. The molecule has 0 saturated heterocycles. The first-order chi connectivity index (χ1) is 10.0. The van der Waals surface area contributed by atoms with E-state index in [-0.39, 0.29) is 29.3 Å². The predicted molar refractivity (Wildman–Crippen MR) is 75.6 cm³/mol. The smallest absolute Gasteiger partial charge is 0.247 e. The van der Waals surface area contributed by atoms with Crippen molar-refractivity contribution in [3.63, 3.8) is 0 Å². The van der Waals surface area contributed by atoms with Crippen molar-refractivity contribution in [3.05, 3.63) is 55.9 Å². The van der Waals surface area contributed by atoms with Crippen LogP contribution >= 0.6 is 11.6 Å². The number of halogens is 1. The molecule has 1 N–H and O–H groups in total. The zero-order valence-electron chi connectivity index (χ0n) is 10.6. The number of hydrogen-bond acceptors (Lipinski definition) is 5. The molecule has 0 aliphatic heterocycles. The quantitative estimate of drug-likeness (QED) is 0.644. The summed E-state index contributed by atoms with van der Waals surface area (Å²) in [5, 5.41) is 30.5. The molecule has 0 saturated carbocycles. The second kappa shape index (κ2) is 4.72. The average molecular weight is 302 g/mol. The molecular weight excluding hydrogens is 294 g/mol. The van der Waals surface area contributed by atoms with Crippen molar-refractivity contribution in [1.82, 2.24) is 4.98 Å². The van der Waals surface area contributed by atoms with Crippen molar-refractivity contribution >= 4 is 22.5 Å². The molecule has 1 aliphatic carbocycles. The third kappa shape index (κ3) is 1.99. The number of rotatable bonds is 1. The van der Waals surface area contributed by atoms with Crippen LogP contribution in [-0.2, 0) is 12.8 Å². The second-order valence-corrected chi connectivity index (χ2v) is 5.03. The standard InChI is InChI=1S/C14H8ClN3O3/c15-13-12(19)4-2-8-10(6-16)9-5-7(18(20)21)1-3-11(9)17-14(8)13/h1-2,4,19H,3,5H2. The highest BCUT2D eigenvalue weighted by molar-refractivity contribution is 6.36. The zero-order chi connectivity index (χ0) is 15.1.